The van der Waals surface area contributed by atoms with E-state index in [-0.39, 0.29) is 18.4 Å². The Hall–Kier alpha value is -0.800. The third-order valence-corrected chi connectivity index (χ3v) is 1.88. The minimum absolute atomic E-state index is 0. The van der Waals surface area contributed by atoms with Gasteiger partial charge in [-0.25, -0.2) is 4.79 Å². The molecule has 0 amide bonds. The summed E-state index contributed by atoms with van der Waals surface area (Å²) in [5.41, 5.74) is 0. The summed E-state index contributed by atoms with van der Waals surface area (Å²) in [4.78, 5) is 11.1. The number of nitrogens with zero attached hydrogens (tertiary/aromatic N) is 1. The van der Waals surface area contributed by atoms with Gasteiger partial charge >= 0.3 is 5.97 Å². The zero-order chi connectivity index (χ0) is 10.3. The second-order valence-corrected chi connectivity index (χ2v) is 3.30. The Kier molecular flexibility index (Phi) is 8.49. The Morgan fingerprint density at radius 2 is 1.79 bits per heavy atom. The number of rotatable bonds is 6. The van der Waals surface area contributed by atoms with Crippen LogP contribution in [0.5, 0.6) is 0 Å². The van der Waals surface area contributed by atoms with Crippen LogP contribution in [0.2, 0.25) is 0 Å². The molecule has 0 atom stereocenters. The number of methoxy groups -OCH3 is 1. The summed E-state index contributed by atoms with van der Waals surface area (Å²) < 4.78 is 5.18. The smallest absolute Gasteiger partial charge is 0.361 e. The number of hydrogen-bond donors (Lipinski definition) is 0. The van der Waals surface area contributed by atoms with Crippen molar-refractivity contribution in [1.29, 1.82) is 0 Å². The minimum Gasteiger partial charge on any atom is -1.00 e. The molecular formula is C10H18ClNO2. The molecule has 0 aliphatic heterocycles. The Labute approximate surface area is 92.0 Å². The monoisotopic (exact) mass is 219 g/mol. The summed E-state index contributed by atoms with van der Waals surface area (Å²) in [6.45, 7) is 9.15. The number of ether oxygens (including phenoxy) is 1. The molecule has 0 N–H and O–H groups in total. The quantitative estimate of drug-likeness (QED) is 0.293. The first-order valence-corrected chi connectivity index (χ1v) is 4.20. The molecule has 14 heavy (non-hydrogen) atoms. The van der Waals surface area contributed by atoms with Crippen LogP contribution in [-0.2, 0) is 9.53 Å². The molecule has 0 aromatic rings. The third kappa shape index (κ3) is 5.78. The first kappa shape index (κ1) is 15.7. The predicted molar refractivity (Wildman–Crippen MR) is 53.2 cm³/mol. The summed E-state index contributed by atoms with van der Waals surface area (Å²) in [7, 11) is 3.37. The van der Waals surface area contributed by atoms with Crippen molar-refractivity contribution >= 4 is 5.97 Å². The number of likely N-dealkylation sites (N-methyl/N-ethyl adjacent to an activating group) is 1. The van der Waals surface area contributed by atoms with E-state index in [4.69, 9.17) is 0 Å². The first-order valence-electron chi connectivity index (χ1n) is 4.20. The normalized spacial score (nSPS) is 9.86. The highest BCUT2D eigenvalue weighted by atomic mass is 35.5. The van der Waals surface area contributed by atoms with Crippen molar-refractivity contribution in [3.63, 3.8) is 0 Å². The SMILES string of the molecule is C=CC[N+](C)(CC=C)CC(=O)OC.[Cl-]. The average Bonchev–Trinajstić information content (AvgIpc) is 2.04. The van der Waals surface area contributed by atoms with E-state index in [0.717, 1.165) is 13.1 Å². The van der Waals surface area contributed by atoms with E-state index in [1.54, 1.807) is 12.2 Å². The Morgan fingerprint density at radius 3 is 2.07 bits per heavy atom. The fourth-order valence-electron chi connectivity index (χ4n) is 1.20. The van der Waals surface area contributed by atoms with Crippen LogP contribution in [0.4, 0.5) is 0 Å². The molecule has 0 aromatic carbocycles. The van der Waals surface area contributed by atoms with E-state index in [2.05, 4.69) is 17.9 Å². The van der Waals surface area contributed by atoms with Crippen LogP contribution >= 0.6 is 0 Å². The highest BCUT2D eigenvalue weighted by Crippen LogP contribution is 2.02. The molecule has 0 bridgehead atoms. The maximum atomic E-state index is 11.1. The molecule has 0 radical (unpaired) electrons. The van der Waals surface area contributed by atoms with Crippen LogP contribution in [-0.4, -0.2) is 44.2 Å². The van der Waals surface area contributed by atoms with Gasteiger partial charge in [0.25, 0.3) is 0 Å². The van der Waals surface area contributed by atoms with Gasteiger partial charge in [-0.05, 0) is 12.2 Å². The standard InChI is InChI=1S/C10H18NO2.ClH/c1-5-7-11(3,8-6-2)9-10(12)13-4;/h5-6H,1-2,7-9H2,3-4H3;1H/q+1;/p-1. The van der Waals surface area contributed by atoms with Crippen molar-refractivity contribution < 1.29 is 26.4 Å². The molecule has 82 valence electrons. The van der Waals surface area contributed by atoms with Gasteiger partial charge < -0.3 is 21.6 Å². The van der Waals surface area contributed by atoms with Crippen LogP contribution in [0.15, 0.2) is 25.3 Å². The highest BCUT2D eigenvalue weighted by molar-refractivity contribution is 5.70. The van der Waals surface area contributed by atoms with Gasteiger partial charge in [0.15, 0.2) is 6.54 Å². The van der Waals surface area contributed by atoms with Crippen molar-refractivity contribution in [3.8, 4) is 0 Å². The number of halogens is 1. The van der Waals surface area contributed by atoms with E-state index in [9.17, 15) is 4.79 Å². The van der Waals surface area contributed by atoms with E-state index >= 15 is 0 Å². The van der Waals surface area contributed by atoms with Crippen LogP contribution in [0.1, 0.15) is 0 Å². The molecule has 0 saturated carbocycles. The lowest BCUT2D eigenvalue weighted by atomic mass is 10.3. The molecule has 4 heteroatoms. The molecule has 0 unspecified atom stereocenters. The van der Waals surface area contributed by atoms with Gasteiger partial charge in [0, 0.05) is 0 Å². The second kappa shape index (κ2) is 7.59. The fourth-order valence-corrected chi connectivity index (χ4v) is 1.20. The van der Waals surface area contributed by atoms with E-state index in [1.807, 2.05) is 7.05 Å². The maximum Gasteiger partial charge on any atom is 0.361 e. The van der Waals surface area contributed by atoms with Gasteiger partial charge in [0.05, 0.1) is 27.2 Å². The fraction of sp³-hybridized carbons (Fsp3) is 0.500. The van der Waals surface area contributed by atoms with Gasteiger partial charge in [-0.1, -0.05) is 13.2 Å². The molecule has 0 aromatic heterocycles. The van der Waals surface area contributed by atoms with Gasteiger partial charge in [0.1, 0.15) is 0 Å². The van der Waals surface area contributed by atoms with Crippen molar-refractivity contribution in [3.05, 3.63) is 25.3 Å². The highest BCUT2D eigenvalue weighted by Gasteiger charge is 2.22. The van der Waals surface area contributed by atoms with Crippen molar-refractivity contribution in [2.75, 3.05) is 33.8 Å². The Balaban J connectivity index is 0. The summed E-state index contributed by atoms with van der Waals surface area (Å²) in [5.74, 6) is -0.203. The maximum absolute atomic E-state index is 11.1. The van der Waals surface area contributed by atoms with Gasteiger partial charge in [0.2, 0.25) is 0 Å². The molecule has 3 nitrogen and oxygen atoms in total. The summed E-state index contributed by atoms with van der Waals surface area (Å²) in [6, 6.07) is 0. The average molecular weight is 220 g/mol. The lowest BCUT2D eigenvalue weighted by Crippen LogP contribution is -3.00. The van der Waals surface area contributed by atoms with Crippen molar-refractivity contribution in [2.24, 2.45) is 0 Å². The van der Waals surface area contributed by atoms with Crippen LogP contribution in [0, 0.1) is 0 Å². The van der Waals surface area contributed by atoms with Gasteiger partial charge in [-0.2, -0.15) is 0 Å². The minimum atomic E-state index is -0.203. The number of quaternary nitrogens is 1. The molecule has 0 saturated heterocycles. The largest absolute Gasteiger partial charge is 1.00 e. The zero-order valence-corrected chi connectivity index (χ0v) is 9.59. The third-order valence-electron chi connectivity index (χ3n) is 1.88. The van der Waals surface area contributed by atoms with E-state index in [1.165, 1.54) is 7.11 Å². The zero-order valence-electron chi connectivity index (χ0n) is 8.83. The summed E-state index contributed by atoms with van der Waals surface area (Å²) in [5, 5.41) is 0. The van der Waals surface area contributed by atoms with Crippen LogP contribution < -0.4 is 12.4 Å². The number of carbonyl (C=O) groups excluding carboxylic acids is 1. The molecule has 0 heterocycles. The molecular weight excluding hydrogens is 202 g/mol. The number of esters is 1. The van der Waals surface area contributed by atoms with Crippen molar-refractivity contribution in [2.45, 2.75) is 0 Å². The Morgan fingerprint density at radius 1 is 1.36 bits per heavy atom. The van der Waals surface area contributed by atoms with E-state index in [0.29, 0.717) is 11.0 Å². The Bertz CT molecular complexity index is 194. The summed E-state index contributed by atoms with van der Waals surface area (Å²) >= 11 is 0. The van der Waals surface area contributed by atoms with Crippen LogP contribution in [0.25, 0.3) is 0 Å². The lowest BCUT2D eigenvalue weighted by Gasteiger charge is -2.30. The van der Waals surface area contributed by atoms with Crippen LogP contribution in [0.3, 0.4) is 0 Å². The predicted octanol–water partition coefficient (Wildman–Crippen LogP) is -2.02. The lowest BCUT2D eigenvalue weighted by molar-refractivity contribution is -0.891. The van der Waals surface area contributed by atoms with E-state index < -0.39 is 0 Å². The molecule has 0 rings (SSSR count). The molecule has 0 spiro atoms. The van der Waals surface area contributed by atoms with Crippen molar-refractivity contribution in [1.82, 2.24) is 0 Å². The number of carbonyl (C=O) groups is 1. The molecule has 0 fully saturated rings. The van der Waals surface area contributed by atoms with Gasteiger partial charge in [-0.15, -0.1) is 0 Å². The summed E-state index contributed by atoms with van der Waals surface area (Å²) in [6.07, 6.45) is 3.60. The molecule has 0 aliphatic carbocycles. The first-order chi connectivity index (χ1) is 6.08. The number of hydrogen-bond acceptors (Lipinski definition) is 2. The van der Waals surface area contributed by atoms with Gasteiger partial charge in [-0.3, -0.25) is 0 Å². The molecule has 0 aliphatic rings. The second-order valence-electron chi connectivity index (χ2n) is 3.30. The topological polar surface area (TPSA) is 26.3 Å².